The number of rotatable bonds is 6. The minimum absolute atomic E-state index is 0.447. The molecular formula is C4H8AsCl3O2. The van der Waals surface area contributed by atoms with Crippen LogP contribution in [-0.4, -0.2) is 39.4 Å². The number of hydrogen-bond donors (Lipinski definition) is 0. The van der Waals surface area contributed by atoms with Crippen LogP contribution < -0.4 is 0 Å². The molecule has 2 nitrogen and oxygen atoms in total. The van der Waals surface area contributed by atoms with Gasteiger partial charge in [0, 0.05) is 0 Å². The van der Waals surface area contributed by atoms with E-state index in [2.05, 4.69) is 0 Å². The van der Waals surface area contributed by atoms with Gasteiger partial charge in [0.25, 0.3) is 0 Å². The molecule has 0 saturated carbocycles. The van der Waals surface area contributed by atoms with Crippen LogP contribution in [0.5, 0.6) is 0 Å². The molecule has 0 atom stereocenters. The zero-order valence-electron chi connectivity index (χ0n) is 5.23. The van der Waals surface area contributed by atoms with Crippen LogP contribution in [0.15, 0.2) is 0 Å². The minimum atomic E-state index is -1.99. The summed E-state index contributed by atoms with van der Waals surface area (Å²) >= 11 is 8.68. The van der Waals surface area contributed by atoms with E-state index in [1.54, 1.807) is 0 Å². The molecule has 10 heavy (non-hydrogen) atoms. The van der Waals surface area contributed by atoms with Crippen molar-refractivity contribution < 1.29 is 7.45 Å². The zero-order chi connectivity index (χ0) is 7.82. The molecule has 0 unspecified atom stereocenters. The van der Waals surface area contributed by atoms with Crippen LogP contribution >= 0.6 is 33.2 Å². The quantitative estimate of drug-likeness (QED) is 0.540. The van der Waals surface area contributed by atoms with Gasteiger partial charge in [-0.15, -0.1) is 0 Å². The molecule has 0 aliphatic carbocycles. The van der Waals surface area contributed by atoms with E-state index < -0.39 is 14.4 Å². The third-order valence-electron chi connectivity index (χ3n) is 0.540. The first-order valence-electron chi connectivity index (χ1n) is 2.65. The first-order chi connectivity index (χ1) is 4.81. The molecule has 6 heteroatoms. The summed E-state index contributed by atoms with van der Waals surface area (Å²) in [4.78, 5) is 0. The molecule has 0 aromatic heterocycles. The van der Waals surface area contributed by atoms with Gasteiger partial charge in [-0.2, -0.15) is 0 Å². The molecule has 0 radical (unpaired) electrons. The molecule has 0 bridgehead atoms. The summed E-state index contributed by atoms with van der Waals surface area (Å²) in [5.74, 6) is 0.893. The molecule has 62 valence electrons. The van der Waals surface area contributed by atoms with Gasteiger partial charge in [-0.1, -0.05) is 0 Å². The first-order valence-corrected chi connectivity index (χ1v) is 7.71. The Morgan fingerprint density at radius 2 is 1.40 bits per heavy atom. The van der Waals surface area contributed by atoms with Crippen LogP contribution in [0.2, 0.25) is 0 Å². The van der Waals surface area contributed by atoms with E-state index in [0.29, 0.717) is 25.0 Å². The fourth-order valence-electron chi connectivity index (χ4n) is 0.250. The number of hydrogen-bond acceptors (Lipinski definition) is 2. The second-order valence-corrected chi connectivity index (χ2v) is 5.42. The van der Waals surface area contributed by atoms with Crippen molar-refractivity contribution in [2.45, 2.75) is 0 Å². The monoisotopic (exact) mass is 268 g/mol. The molecule has 0 N–H and O–H groups in total. The Kier molecular flexibility index (Phi) is 9.58. The van der Waals surface area contributed by atoms with Gasteiger partial charge in [0.2, 0.25) is 0 Å². The summed E-state index contributed by atoms with van der Waals surface area (Å²) in [6, 6.07) is 0. The molecule has 0 saturated heterocycles. The van der Waals surface area contributed by atoms with Crippen LogP contribution in [0.4, 0.5) is 0 Å². The molecule has 0 aromatic rings. The van der Waals surface area contributed by atoms with Crippen LogP contribution in [0.1, 0.15) is 0 Å². The van der Waals surface area contributed by atoms with Gasteiger partial charge in [-0.3, -0.25) is 0 Å². The van der Waals surface area contributed by atoms with Crippen molar-refractivity contribution in [1.82, 2.24) is 0 Å². The maximum absolute atomic E-state index is 5.62. The molecule has 0 rings (SSSR count). The average Bonchev–Trinajstić information content (AvgIpc) is 1.97. The molecule has 0 fully saturated rings. The molecule has 0 aliphatic rings. The Labute approximate surface area is 79.8 Å². The molecule has 0 aromatic carbocycles. The van der Waals surface area contributed by atoms with Gasteiger partial charge in [0.05, 0.1) is 0 Å². The Morgan fingerprint density at radius 3 is 1.70 bits per heavy atom. The zero-order valence-corrected chi connectivity index (χ0v) is 9.37. The van der Waals surface area contributed by atoms with E-state index in [9.17, 15) is 0 Å². The Balaban J connectivity index is 3.00. The number of halogens is 3. The van der Waals surface area contributed by atoms with Gasteiger partial charge in [-0.25, -0.2) is 0 Å². The van der Waals surface area contributed by atoms with Crippen molar-refractivity contribution in [3.8, 4) is 0 Å². The SMILES string of the molecule is ClCCO[As](Cl)OCCCl. The summed E-state index contributed by atoms with van der Waals surface area (Å²) in [7, 11) is 5.62. The Hall–Kier alpha value is 1.35. The van der Waals surface area contributed by atoms with E-state index in [1.807, 2.05) is 0 Å². The fourth-order valence-corrected chi connectivity index (χ4v) is 2.73. The molecule has 0 heterocycles. The van der Waals surface area contributed by atoms with Gasteiger partial charge in [0.15, 0.2) is 0 Å². The maximum atomic E-state index is 5.62. The Bertz CT molecular complexity index is 67.5. The average molecular weight is 269 g/mol. The second-order valence-electron chi connectivity index (χ2n) is 1.26. The third kappa shape index (κ3) is 7.46. The first kappa shape index (κ1) is 11.3. The summed E-state index contributed by atoms with van der Waals surface area (Å²) in [5, 5.41) is 0. The molecule has 0 aliphatic heterocycles. The van der Waals surface area contributed by atoms with Gasteiger partial charge in [0.1, 0.15) is 0 Å². The predicted molar refractivity (Wildman–Crippen MR) is 45.0 cm³/mol. The summed E-state index contributed by atoms with van der Waals surface area (Å²) in [6.07, 6.45) is 0. The van der Waals surface area contributed by atoms with Crippen molar-refractivity contribution in [2.24, 2.45) is 0 Å². The van der Waals surface area contributed by atoms with Crippen molar-refractivity contribution in [2.75, 3.05) is 25.0 Å². The molecule has 0 spiro atoms. The van der Waals surface area contributed by atoms with Gasteiger partial charge < -0.3 is 0 Å². The van der Waals surface area contributed by atoms with Crippen LogP contribution in [-0.2, 0) is 7.45 Å². The topological polar surface area (TPSA) is 18.5 Å². The van der Waals surface area contributed by atoms with Crippen LogP contribution in [0.25, 0.3) is 0 Å². The summed E-state index contributed by atoms with van der Waals surface area (Å²) in [6.45, 7) is 0.903. The van der Waals surface area contributed by atoms with E-state index >= 15 is 0 Å². The third-order valence-corrected chi connectivity index (χ3v) is 3.48. The van der Waals surface area contributed by atoms with E-state index in [1.165, 1.54) is 0 Å². The molecular weight excluding hydrogens is 261 g/mol. The van der Waals surface area contributed by atoms with Gasteiger partial charge in [-0.05, 0) is 0 Å². The van der Waals surface area contributed by atoms with Gasteiger partial charge >= 0.3 is 80.0 Å². The standard InChI is InChI=1S/C4H8AsCl3O2/c6-1-3-9-5(8)10-4-2-7/h1-4H2. The Morgan fingerprint density at radius 1 is 1.00 bits per heavy atom. The van der Waals surface area contributed by atoms with E-state index in [0.717, 1.165) is 0 Å². The van der Waals surface area contributed by atoms with Crippen LogP contribution in [0.3, 0.4) is 0 Å². The predicted octanol–water partition coefficient (Wildman–Crippen LogP) is 1.72. The fraction of sp³-hybridized carbons (Fsp3) is 1.00. The van der Waals surface area contributed by atoms with Crippen molar-refractivity contribution >= 4 is 47.5 Å². The van der Waals surface area contributed by atoms with E-state index in [4.69, 9.17) is 40.6 Å². The molecule has 0 amide bonds. The number of alkyl halides is 2. The summed E-state index contributed by atoms with van der Waals surface area (Å²) in [5.41, 5.74) is 0. The van der Waals surface area contributed by atoms with Crippen molar-refractivity contribution in [3.05, 3.63) is 0 Å². The van der Waals surface area contributed by atoms with E-state index in [-0.39, 0.29) is 0 Å². The van der Waals surface area contributed by atoms with Crippen molar-refractivity contribution in [1.29, 1.82) is 0 Å². The summed E-state index contributed by atoms with van der Waals surface area (Å²) < 4.78 is 9.98. The second kappa shape index (κ2) is 8.45. The van der Waals surface area contributed by atoms with Crippen molar-refractivity contribution in [3.63, 3.8) is 0 Å². The normalized spacial score (nSPS) is 10.8. The van der Waals surface area contributed by atoms with Crippen LogP contribution in [0, 0.1) is 0 Å².